The van der Waals surface area contributed by atoms with Crippen LogP contribution in [0.1, 0.15) is 29.5 Å². The first-order chi connectivity index (χ1) is 15.5. The Morgan fingerprint density at radius 1 is 0.906 bits per heavy atom. The number of para-hydroxylation sites is 1. The molecule has 32 heavy (non-hydrogen) atoms. The molecule has 3 aliphatic carbocycles. The van der Waals surface area contributed by atoms with Gasteiger partial charge in [-0.25, -0.2) is 0 Å². The summed E-state index contributed by atoms with van der Waals surface area (Å²) in [6.07, 6.45) is 6.39. The standard InChI is InChI=1S/C27H28N2O3/c1-16-7-6-8-17(2)24(16)28-25(30)21(15-18-9-4-3-5-10-18)29-26(31)22-19-11-12-20(14-13-19)23(22)27(29)32/h3-12,19-23H,13-15H2,1-2H3,(H,28,30). The summed E-state index contributed by atoms with van der Waals surface area (Å²) in [6, 6.07) is 14.6. The molecule has 5 heteroatoms. The molecule has 2 aromatic carbocycles. The average Bonchev–Trinajstić information content (AvgIpc) is 3.08. The maximum Gasteiger partial charge on any atom is 0.248 e. The molecule has 1 N–H and O–H groups in total. The molecule has 1 heterocycles. The molecule has 2 bridgehead atoms. The van der Waals surface area contributed by atoms with Gasteiger partial charge in [0.2, 0.25) is 17.7 Å². The number of likely N-dealkylation sites (tertiary alicyclic amines) is 1. The largest absolute Gasteiger partial charge is 0.324 e. The van der Waals surface area contributed by atoms with Gasteiger partial charge in [-0.05, 0) is 55.2 Å². The molecule has 0 aromatic heterocycles. The summed E-state index contributed by atoms with van der Waals surface area (Å²) in [5.74, 6) is -1.12. The second-order valence-corrected chi connectivity index (χ2v) is 9.35. The molecule has 0 radical (unpaired) electrons. The van der Waals surface area contributed by atoms with E-state index < -0.39 is 6.04 Å². The summed E-state index contributed by atoms with van der Waals surface area (Å²) < 4.78 is 0. The summed E-state index contributed by atoms with van der Waals surface area (Å²) in [6.45, 7) is 3.89. The number of amides is 3. The number of hydrogen-bond donors (Lipinski definition) is 1. The SMILES string of the molecule is Cc1cccc(C)c1NC(=O)C(Cc1ccccc1)N1C(=O)C2C3C=CC(CC3)C2C1=O. The fraction of sp³-hybridized carbons (Fsp3) is 0.370. The molecule has 5 nitrogen and oxygen atoms in total. The number of benzene rings is 2. The van der Waals surface area contributed by atoms with E-state index in [2.05, 4.69) is 17.5 Å². The van der Waals surface area contributed by atoms with Gasteiger partial charge in [0.25, 0.3) is 0 Å². The van der Waals surface area contributed by atoms with Crippen molar-refractivity contribution < 1.29 is 14.4 Å². The van der Waals surface area contributed by atoms with Crippen LogP contribution in [0.15, 0.2) is 60.7 Å². The van der Waals surface area contributed by atoms with Crippen LogP contribution in [-0.2, 0) is 20.8 Å². The molecule has 1 saturated heterocycles. The van der Waals surface area contributed by atoms with Crippen LogP contribution in [0.2, 0.25) is 0 Å². The van der Waals surface area contributed by atoms with Crippen molar-refractivity contribution in [3.05, 3.63) is 77.4 Å². The Kier molecular flexibility index (Phi) is 5.20. The number of hydrogen-bond acceptors (Lipinski definition) is 3. The van der Waals surface area contributed by atoms with Crippen LogP contribution in [0.25, 0.3) is 0 Å². The Bertz CT molecular complexity index is 1050. The van der Waals surface area contributed by atoms with E-state index in [-0.39, 0.29) is 41.4 Å². The lowest BCUT2D eigenvalue weighted by molar-refractivity contribution is -0.146. The Labute approximate surface area is 188 Å². The molecule has 1 saturated carbocycles. The second-order valence-electron chi connectivity index (χ2n) is 9.35. The molecule has 2 fully saturated rings. The highest BCUT2D eigenvalue weighted by molar-refractivity contribution is 6.10. The quantitative estimate of drug-likeness (QED) is 0.577. The molecule has 5 unspecified atom stereocenters. The molecule has 164 valence electrons. The van der Waals surface area contributed by atoms with Crippen LogP contribution in [0.4, 0.5) is 5.69 Å². The number of allylic oxidation sites excluding steroid dienone is 2. The first kappa shape index (κ1) is 20.7. The number of fused-ring (bicyclic) bond motifs is 1. The smallest absolute Gasteiger partial charge is 0.248 e. The molecule has 4 aliphatic rings. The molecule has 2 aromatic rings. The third kappa shape index (κ3) is 3.36. The lowest BCUT2D eigenvalue weighted by Gasteiger charge is -2.38. The van der Waals surface area contributed by atoms with Crippen molar-refractivity contribution in [1.82, 2.24) is 4.90 Å². The van der Waals surface area contributed by atoms with Crippen LogP contribution in [-0.4, -0.2) is 28.7 Å². The minimum atomic E-state index is -0.874. The minimum absolute atomic E-state index is 0.102. The number of carbonyl (C=O) groups excluding carboxylic acids is 3. The van der Waals surface area contributed by atoms with Crippen LogP contribution in [0.3, 0.4) is 0 Å². The van der Waals surface area contributed by atoms with Gasteiger partial charge in [-0.1, -0.05) is 60.7 Å². The van der Waals surface area contributed by atoms with E-state index in [0.717, 1.165) is 35.2 Å². The molecule has 3 amide bonds. The number of nitrogens with one attached hydrogen (secondary N) is 1. The number of nitrogens with zero attached hydrogens (tertiary/aromatic N) is 1. The first-order valence-electron chi connectivity index (χ1n) is 11.4. The molecule has 6 rings (SSSR count). The average molecular weight is 429 g/mol. The maximum atomic E-state index is 13.6. The van der Waals surface area contributed by atoms with Crippen LogP contribution >= 0.6 is 0 Å². The fourth-order valence-corrected chi connectivity index (χ4v) is 5.76. The number of aryl methyl sites for hydroxylation is 2. The maximum absolute atomic E-state index is 13.6. The van der Waals surface area contributed by atoms with Gasteiger partial charge in [0.05, 0.1) is 11.8 Å². The van der Waals surface area contributed by atoms with Gasteiger partial charge in [0.15, 0.2) is 0 Å². The van der Waals surface area contributed by atoms with E-state index in [1.54, 1.807) is 0 Å². The molecule has 1 aliphatic heterocycles. The highest BCUT2D eigenvalue weighted by Gasteiger charge is 2.58. The van der Waals surface area contributed by atoms with Gasteiger partial charge in [-0.2, -0.15) is 0 Å². The van der Waals surface area contributed by atoms with E-state index in [1.165, 1.54) is 4.90 Å². The predicted molar refractivity (Wildman–Crippen MR) is 123 cm³/mol. The Morgan fingerprint density at radius 3 is 2.00 bits per heavy atom. The van der Waals surface area contributed by atoms with Crippen molar-refractivity contribution in [1.29, 1.82) is 0 Å². The Hall–Kier alpha value is -3.21. The van der Waals surface area contributed by atoms with E-state index in [9.17, 15) is 14.4 Å². The van der Waals surface area contributed by atoms with E-state index in [4.69, 9.17) is 0 Å². The molecule has 5 atom stereocenters. The fourth-order valence-electron chi connectivity index (χ4n) is 5.76. The van der Waals surface area contributed by atoms with E-state index >= 15 is 0 Å². The minimum Gasteiger partial charge on any atom is -0.324 e. The molecular formula is C27H28N2O3. The highest BCUT2D eigenvalue weighted by atomic mass is 16.2. The lowest BCUT2D eigenvalue weighted by atomic mass is 9.63. The molecular weight excluding hydrogens is 400 g/mol. The highest BCUT2D eigenvalue weighted by Crippen LogP contribution is 2.50. The summed E-state index contributed by atoms with van der Waals surface area (Å²) in [4.78, 5) is 42.0. The third-order valence-electron chi connectivity index (χ3n) is 7.41. The Balaban J connectivity index is 1.50. The van der Waals surface area contributed by atoms with Crippen molar-refractivity contribution in [2.75, 3.05) is 5.32 Å². The number of anilines is 1. The summed E-state index contributed by atoms with van der Waals surface area (Å²) in [7, 11) is 0. The summed E-state index contributed by atoms with van der Waals surface area (Å²) in [5, 5.41) is 3.04. The zero-order chi connectivity index (χ0) is 22.4. The summed E-state index contributed by atoms with van der Waals surface area (Å²) >= 11 is 0. The van der Waals surface area contributed by atoms with Gasteiger partial charge < -0.3 is 5.32 Å². The van der Waals surface area contributed by atoms with Crippen molar-refractivity contribution in [3.63, 3.8) is 0 Å². The molecule has 0 spiro atoms. The van der Waals surface area contributed by atoms with Gasteiger partial charge in [0.1, 0.15) is 6.04 Å². The zero-order valence-corrected chi connectivity index (χ0v) is 18.5. The van der Waals surface area contributed by atoms with Crippen LogP contribution in [0.5, 0.6) is 0 Å². The number of imide groups is 1. The summed E-state index contributed by atoms with van der Waals surface area (Å²) in [5.41, 5.74) is 3.57. The second kappa shape index (κ2) is 8.05. The number of carbonyl (C=O) groups is 3. The van der Waals surface area contributed by atoms with Crippen molar-refractivity contribution in [3.8, 4) is 0 Å². The van der Waals surface area contributed by atoms with E-state index in [0.29, 0.717) is 6.42 Å². The predicted octanol–water partition coefficient (Wildman–Crippen LogP) is 4.05. The third-order valence-corrected chi connectivity index (χ3v) is 7.41. The zero-order valence-electron chi connectivity index (χ0n) is 18.5. The van der Waals surface area contributed by atoms with Crippen molar-refractivity contribution >= 4 is 23.4 Å². The number of rotatable bonds is 5. The van der Waals surface area contributed by atoms with Gasteiger partial charge >= 0.3 is 0 Å². The van der Waals surface area contributed by atoms with Gasteiger partial charge in [-0.15, -0.1) is 0 Å². The van der Waals surface area contributed by atoms with Gasteiger partial charge in [0, 0.05) is 12.1 Å². The topological polar surface area (TPSA) is 66.5 Å². The van der Waals surface area contributed by atoms with Crippen molar-refractivity contribution in [2.45, 2.75) is 39.2 Å². The Morgan fingerprint density at radius 2 is 1.47 bits per heavy atom. The van der Waals surface area contributed by atoms with Crippen molar-refractivity contribution in [2.24, 2.45) is 23.7 Å². The van der Waals surface area contributed by atoms with Gasteiger partial charge in [-0.3, -0.25) is 19.3 Å². The first-order valence-corrected chi connectivity index (χ1v) is 11.4. The van der Waals surface area contributed by atoms with E-state index in [1.807, 2.05) is 62.4 Å². The van der Waals surface area contributed by atoms with Crippen LogP contribution < -0.4 is 5.32 Å². The monoisotopic (exact) mass is 428 g/mol. The lowest BCUT2D eigenvalue weighted by Crippen LogP contribution is -2.49. The normalized spacial score (nSPS) is 26.9. The van der Waals surface area contributed by atoms with Crippen LogP contribution in [0, 0.1) is 37.5 Å².